The monoisotopic (exact) mass is 427 g/mol. The molecule has 4 rings (SSSR count). The molecule has 0 spiro atoms. The zero-order valence-corrected chi connectivity index (χ0v) is 17.6. The number of amides is 1. The van der Waals surface area contributed by atoms with Crippen molar-refractivity contribution in [3.63, 3.8) is 0 Å². The number of fused-ring (bicyclic) bond motifs is 1. The number of halogens is 1. The Morgan fingerprint density at radius 3 is 2.67 bits per heavy atom. The molecule has 0 atom stereocenters. The predicted octanol–water partition coefficient (Wildman–Crippen LogP) is 4.38. The zero-order valence-electron chi connectivity index (χ0n) is 16.9. The van der Waals surface area contributed by atoms with E-state index < -0.39 is 5.97 Å². The molecule has 0 N–H and O–H groups in total. The van der Waals surface area contributed by atoms with Crippen LogP contribution in [0.1, 0.15) is 58.1 Å². The average Bonchev–Trinajstić information content (AvgIpc) is 3.16. The summed E-state index contributed by atoms with van der Waals surface area (Å²) in [6.07, 6.45) is 1.51. The van der Waals surface area contributed by atoms with Crippen molar-refractivity contribution in [2.45, 2.75) is 32.6 Å². The van der Waals surface area contributed by atoms with Crippen molar-refractivity contribution in [2.75, 3.05) is 19.7 Å². The van der Waals surface area contributed by atoms with Gasteiger partial charge in [-0.3, -0.25) is 4.79 Å². The Kier molecular flexibility index (Phi) is 5.72. The number of benzene rings is 1. The number of oxazole rings is 1. The largest absolute Gasteiger partial charge is 0.462 e. The molecule has 1 aromatic carbocycles. The lowest BCUT2D eigenvalue weighted by atomic mass is 9.96. The van der Waals surface area contributed by atoms with Crippen LogP contribution < -0.4 is 0 Å². The first-order chi connectivity index (χ1) is 14.5. The minimum atomic E-state index is -0.429. The highest BCUT2D eigenvalue weighted by atomic mass is 35.5. The molecule has 1 saturated heterocycles. The Bertz CT molecular complexity index is 1100. The molecular weight excluding hydrogens is 406 g/mol. The zero-order chi connectivity index (χ0) is 21.3. The van der Waals surface area contributed by atoms with Crippen LogP contribution in [-0.2, 0) is 4.74 Å². The van der Waals surface area contributed by atoms with Gasteiger partial charge in [-0.2, -0.15) is 0 Å². The van der Waals surface area contributed by atoms with E-state index in [9.17, 15) is 9.59 Å². The highest BCUT2D eigenvalue weighted by Crippen LogP contribution is 2.31. The van der Waals surface area contributed by atoms with Gasteiger partial charge in [0.05, 0.1) is 17.9 Å². The summed E-state index contributed by atoms with van der Waals surface area (Å²) >= 11 is 6.02. The molecule has 1 fully saturated rings. The number of hydrogen-bond donors (Lipinski definition) is 0. The van der Waals surface area contributed by atoms with Gasteiger partial charge in [-0.15, -0.1) is 0 Å². The fourth-order valence-electron chi connectivity index (χ4n) is 3.69. The summed E-state index contributed by atoms with van der Waals surface area (Å²) in [7, 11) is 0. The summed E-state index contributed by atoms with van der Waals surface area (Å²) in [6, 6.07) is 8.57. The van der Waals surface area contributed by atoms with E-state index in [2.05, 4.69) is 9.97 Å². The summed E-state index contributed by atoms with van der Waals surface area (Å²) in [5.41, 5.74) is 2.66. The molecule has 0 aliphatic carbocycles. The van der Waals surface area contributed by atoms with Crippen LogP contribution in [0.15, 0.2) is 34.7 Å². The van der Waals surface area contributed by atoms with Crippen molar-refractivity contribution in [3.8, 4) is 0 Å². The summed E-state index contributed by atoms with van der Waals surface area (Å²) in [6.45, 7) is 4.92. The molecule has 0 saturated carbocycles. The van der Waals surface area contributed by atoms with Crippen LogP contribution in [0.5, 0.6) is 0 Å². The molecule has 8 heteroatoms. The smallest absolute Gasteiger partial charge is 0.339 e. The van der Waals surface area contributed by atoms with E-state index in [1.165, 1.54) is 0 Å². The first-order valence-electron chi connectivity index (χ1n) is 9.96. The van der Waals surface area contributed by atoms with E-state index in [1.54, 1.807) is 43.0 Å². The van der Waals surface area contributed by atoms with Crippen molar-refractivity contribution in [2.24, 2.45) is 0 Å². The normalized spacial score (nSPS) is 14.8. The molecule has 0 radical (unpaired) electrons. The highest BCUT2D eigenvalue weighted by Gasteiger charge is 2.28. The van der Waals surface area contributed by atoms with Gasteiger partial charge in [0.2, 0.25) is 0 Å². The Balaban J connectivity index is 1.42. The van der Waals surface area contributed by atoms with Crippen LogP contribution in [-0.4, -0.2) is 46.4 Å². The van der Waals surface area contributed by atoms with E-state index in [-0.39, 0.29) is 11.8 Å². The molecule has 30 heavy (non-hydrogen) atoms. The second-order valence-corrected chi connectivity index (χ2v) is 7.72. The highest BCUT2D eigenvalue weighted by molar-refractivity contribution is 6.31. The van der Waals surface area contributed by atoms with Crippen molar-refractivity contribution in [1.29, 1.82) is 0 Å². The SMILES string of the molecule is CCOC(=O)c1ccc(C(=O)N2CCC(c3nc4cc(Cl)ccc4o3)CC2)nc1C. The van der Waals surface area contributed by atoms with E-state index in [0.717, 1.165) is 18.4 Å². The number of piperidine rings is 1. The second kappa shape index (κ2) is 8.44. The maximum atomic E-state index is 12.9. The maximum absolute atomic E-state index is 12.9. The van der Waals surface area contributed by atoms with Gasteiger partial charge in [-0.05, 0) is 57.0 Å². The molecule has 1 amide bonds. The van der Waals surface area contributed by atoms with Crippen LogP contribution in [0.2, 0.25) is 5.02 Å². The third-order valence-electron chi connectivity index (χ3n) is 5.30. The standard InChI is InChI=1S/C22H22ClN3O4/c1-3-29-22(28)16-5-6-17(24-13(16)2)21(27)26-10-8-14(9-11-26)20-25-18-12-15(23)4-7-19(18)30-20/h4-7,12,14H,3,8-11H2,1-2H3. The molecule has 0 bridgehead atoms. The van der Waals surface area contributed by atoms with Crippen LogP contribution in [0.4, 0.5) is 0 Å². The number of aryl methyl sites for hydroxylation is 1. The van der Waals surface area contributed by atoms with Crippen molar-refractivity contribution in [3.05, 3.63) is 58.2 Å². The molecule has 1 aliphatic rings. The Labute approximate surface area is 179 Å². The fourth-order valence-corrected chi connectivity index (χ4v) is 3.86. The van der Waals surface area contributed by atoms with Gasteiger partial charge in [-0.25, -0.2) is 14.8 Å². The molecule has 3 aromatic rings. The number of nitrogens with zero attached hydrogens (tertiary/aromatic N) is 3. The lowest BCUT2D eigenvalue weighted by Crippen LogP contribution is -2.38. The number of ether oxygens (including phenoxy) is 1. The number of hydrogen-bond acceptors (Lipinski definition) is 6. The van der Waals surface area contributed by atoms with Gasteiger partial charge >= 0.3 is 5.97 Å². The van der Waals surface area contributed by atoms with E-state index in [1.807, 2.05) is 6.07 Å². The van der Waals surface area contributed by atoms with Gasteiger partial charge in [0.15, 0.2) is 11.5 Å². The lowest BCUT2D eigenvalue weighted by Gasteiger charge is -2.30. The van der Waals surface area contributed by atoms with E-state index >= 15 is 0 Å². The Morgan fingerprint density at radius 1 is 1.20 bits per heavy atom. The number of carbonyl (C=O) groups excluding carboxylic acids is 2. The number of esters is 1. The molecule has 2 aromatic heterocycles. The summed E-state index contributed by atoms with van der Waals surface area (Å²) in [4.78, 5) is 35.5. The quantitative estimate of drug-likeness (QED) is 0.574. The third-order valence-corrected chi connectivity index (χ3v) is 5.53. The van der Waals surface area contributed by atoms with Gasteiger partial charge in [0, 0.05) is 24.0 Å². The molecule has 3 heterocycles. The van der Waals surface area contributed by atoms with Crippen LogP contribution >= 0.6 is 11.6 Å². The van der Waals surface area contributed by atoms with Gasteiger partial charge in [-0.1, -0.05) is 11.6 Å². The van der Waals surface area contributed by atoms with E-state index in [0.29, 0.717) is 53.1 Å². The Hall–Kier alpha value is -2.93. The number of rotatable bonds is 4. The Morgan fingerprint density at radius 2 is 1.97 bits per heavy atom. The molecule has 156 valence electrons. The summed E-state index contributed by atoms with van der Waals surface area (Å²) in [5, 5.41) is 0.625. The molecule has 7 nitrogen and oxygen atoms in total. The average molecular weight is 428 g/mol. The first kappa shape index (κ1) is 20.3. The predicted molar refractivity (Wildman–Crippen MR) is 112 cm³/mol. The molecule has 0 unspecified atom stereocenters. The van der Waals surface area contributed by atoms with Gasteiger partial charge in [0.25, 0.3) is 5.91 Å². The van der Waals surface area contributed by atoms with Crippen molar-refractivity contribution in [1.82, 2.24) is 14.9 Å². The number of likely N-dealkylation sites (tertiary alicyclic amines) is 1. The summed E-state index contributed by atoms with van der Waals surface area (Å²) < 4.78 is 10.9. The topological polar surface area (TPSA) is 85.5 Å². The fraction of sp³-hybridized carbons (Fsp3) is 0.364. The van der Waals surface area contributed by atoms with Gasteiger partial charge < -0.3 is 14.1 Å². The lowest BCUT2D eigenvalue weighted by molar-refractivity contribution is 0.0523. The summed E-state index contributed by atoms with van der Waals surface area (Å²) in [5.74, 6) is 0.270. The van der Waals surface area contributed by atoms with Crippen molar-refractivity contribution >= 4 is 34.6 Å². The van der Waals surface area contributed by atoms with Crippen LogP contribution in [0.3, 0.4) is 0 Å². The van der Waals surface area contributed by atoms with E-state index in [4.69, 9.17) is 20.8 Å². The second-order valence-electron chi connectivity index (χ2n) is 7.28. The van der Waals surface area contributed by atoms with Crippen LogP contribution in [0, 0.1) is 6.92 Å². The van der Waals surface area contributed by atoms with Crippen molar-refractivity contribution < 1.29 is 18.7 Å². The van der Waals surface area contributed by atoms with Gasteiger partial charge in [0.1, 0.15) is 11.2 Å². The number of aromatic nitrogens is 2. The number of carbonyl (C=O) groups is 2. The maximum Gasteiger partial charge on any atom is 0.339 e. The third kappa shape index (κ3) is 4.03. The van der Waals surface area contributed by atoms with Crippen LogP contribution in [0.25, 0.3) is 11.1 Å². The first-order valence-corrected chi connectivity index (χ1v) is 10.3. The minimum absolute atomic E-state index is 0.142. The minimum Gasteiger partial charge on any atom is -0.462 e. The molecular formula is C22H22ClN3O4. The number of pyridine rings is 1. The molecule has 1 aliphatic heterocycles.